The van der Waals surface area contributed by atoms with Gasteiger partial charge in [0.2, 0.25) is 0 Å². The number of ether oxygens (including phenoxy) is 1. The number of likely N-dealkylation sites (tertiary alicyclic amines) is 1. The first-order chi connectivity index (χ1) is 6.13. The molecule has 0 aromatic heterocycles. The van der Waals surface area contributed by atoms with Gasteiger partial charge in [0.25, 0.3) is 6.67 Å². The van der Waals surface area contributed by atoms with Crippen LogP contribution >= 0.6 is 0 Å². The van der Waals surface area contributed by atoms with Crippen LogP contribution in [0.5, 0.6) is 0 Å². The summed E-state index contributed by atoms with van der Waals surface area (Å²) >= 11 is 0. The van der Waals surface area contributed by atoms with Crippen LogP contribution < -0.4 is 0 Å². The summed E-state index contributed by atoms with van der Waals surface area (Å²) in [6.07, 6.45) is -0.432. The lowest BCUT2D eigenvalue weighted by Crippen LogP contribution is -2.29. The highest BCUT2D eigenvalue weighted by molar-refractivity contribution is 4.86. The highest BCUT2D eigenvalue weighted by Crippen LogP contribution is 2.14. The monoisotopic (exact) mass is 184 g/mol. The van der Waals surface area contributed by atoms with Crippen molar-refractivity contribution >= 4 is 0 Å². The van der Waals surface area contributed by atoms with Crippen molar-refractivity contribution in [1.29, 1.82) is 0 Å². The minimum absolute atomic E-state index is 0.123. The quantitative estimate of drug-likeness (QED) is 0.642. The Morgan fingerprint density at radius 3 is 2.85 bits per heavy atom. The zero-order valence-electron chi connectivity index (χ0n) is 8.10. The van der Waals surface area contributed by atoms with Crippen LogP contribution in [0, 0.1) is 6.57 Å². The lowest BCUT2D eigenvalue weighted by Gasteiger charge is -2.17. The smallest absolute Gasteiger partial charge is 0.270 e. The maximum absolute atomic E-state index is 9.57. The largest absolute Gasteiger partial charge is 0.389 e. The first-order valence-corrected chi connectivity index (χ1v) is 4.52. The van der Waals surface area contributed by atoms with Crippen LogP contribution in [-0.4, -0.2) is 48.1 Å². The lowest BCUT2D eigenvalue weighted by atomic mass is 10.2. The molecule has 1 heterocycles. The van der Waals surface area contributed by atoms with Crippen LogP contribution in [0.15, 0.2) is 0 Å². The molecule has 0 amide bonds. The molecule has 2 unspecified atom stereocenters. The molecule has 0 radical (unpaired) electrons. The predicted octanol–water partition coefficient (Wildman–Crippen LogP) is 0.333. The van der Waals surface area contributed by atoms with E-state index in [4.69, 9.17) is 11.3 Å². The van der Waals surface area contributed by atoms with Gasteiger partial charge in [0.05, 0.1) is 18.3 Å². The number of hydrogen-bond donors (Lipinski definition) is 1. The van der Waals surface area contributed by atoms with Crippen molar-refractivity contribution in [3.63, 3.8) is 0 Å². The first kappa shape index (κ1) is 10.5. The van der Waals surface area contributed by atoms with E-state index < -0.39 is 6.10 Å². The summed E-state index contributed by atoms with van der Waals surface area (Å²) in [6.45, 7) is 12.2. The third kappa shape index (κ3) is 2.96. The Morgan fingerprint density at radius 1 is 1.62 bits per heavy atom. The van der Waals surface area contributed by atoms with Gasteiger partial charge in [-0.2, -0.15) is 0 Å². The molecule has 0 aliphatic carbocycles. The molecule has 1 rings (SSSR count). The van der Waals surface area contributed by atoms with Crippen LogP contribution in [-0.2, 0) is 4.74 Å². The molecule has 4 heteroatoms. The van der Waals surface area contributed by atoms with Crippen LogP contribution in [0.25, 0.3) is 4.85 Å². The summed E-state index contributed by atoms with van der Waals surface area (Å²) in [5.74, 6) is 0. The van der Waals surface area contributed by atoms with E-state index in [2.05, 4.69) is 4.85 Å². The van der Waals surface area contributed by atoms with Gasteiger partial charge >= 0.3 is 0 Å². The van der Waals surface area contributed by atoms with Crippen molar-refractivity contribution in [2.75, 3.05) is 19.8 Å². The van der Waals surface area contributed by atoms with Crippen molar-refractivity contribution in [2.24, 2.45) is 0 Å². The molecule has 0 aromatic rings. The molecule has 1 fully saturated rings. The molecular weight excluding hydrogens is 168 g/mol. The van der Waals surface area contributed by atoms with Gasteiger partial charge in [-0.25, -0.2) is 11.5 Å². The summed E-state index contributed by atoms with van der Waals surface area (Å²) in [6, 6.07) is 0. The van der Waals surface area contributed by atoms with E-state index in [0.717, 1.165) is 0 Å². The maximum atomic E-state index is 9.57. The van der Waals surface area contributed by atoms with Gasteiger partial charge in [0.15, 0.2) is 0 Å². The van der Waals surface area contributed by atoms with Crippen LogP contribution in [0.3, 0.4) is 0 Å². The predicted molar refractivity (Wildman–Crippen MR) is 49.1 cm³/mol. The van der Waals surface area contributed by atoms with Gasteiger partial charge in [0.1, 0.15) is 0 Å². The van der Waals surface area contributed by atoms with E-state index in [1.165, 1.54) is 0 Å². The molecule has 1 aliphatic rings. The highest BCUT2D eigenvalue weighted by Gasteiger charge is 2.33. The Hall–Kier alpha value is -0.630. The zero-order chi connectivity index (χ0) is 9.84. The molecule has 1 N–H and O–H groups in total. The second kappa shape index (κ2) is 4.56. The van der Waals surface area contributed by atoms with Crippen LogP contribution in [0.1, 0.15) is 13.8 Å². The van der Waals surface area contributed by atoms with E-state index in [-0.39, 0.29) is 12.2 Å². The summed E-state index contributed by atoms with van der Waals surface area (Å²) in [5.41, 5.74) is 0. The van der Waals surface area contributed by atoms with Gasteiger partial charge in [-0.05, 0) is 13.8 Å². The molecule has 4 nitrogen and oxygen atoms in total. The topological polar surface area (TPSA) is 37.1 Å². The number of rotatable bonds is 3. The molecular formula is C9H16N2O2. The van der Waals surface area contributed by atoms with Crippen LogP contribution in [0.2, 0.25) is 0 Å². The van der Waals surface area contributed by atoms with Crippen molar-refractivity contribution in [1.82, 2.24) is 4.90 Å². The molecule has 0 aromatic carbocycles. The molecule has 0 bridgehead atoms. The number of β-amino-alcohol motifs (C(OH)–C–C–N with tert-alkyl or cyclic N) is 1. The van der Waals surface area contributed by atoms with Crippen molar-refractivity contribution < 1.29 is 9.84 Å². The van der Waals surface area contributed by atoms with Crippen molar-refractivity contribution in [3.8, 4) is 0 Å². The Labute approximate surface area is 78.9 Å². The Balaban J connectivity index is 2.38. The standard InChI is InChI=1S/C9H16N2O2/c1-7(2)13-9-5-11(6-10-3)4-8(9)12/h7-9,12H,4-6H2,1-2H3. The molecule has 13 heavy (non-hydrogen) atoms. The zero-order valence-corrected chi connectivity index (χ0v) is 8.10. The third-order valence-corrected chi connectivity index (χ3v) is 2.03. The first-order valence-electron chi connectivity index (χ1n) is 4.52. The van der Waals surface area contributed by atoms with Crippen molar-refractivity contribution in [3.05, 3.63) is 11.4 Å². The van der Waals surface area contributed by atoms with Gasteiger partial charge < -0.3 is 9.84 Å². The maximum Gasteiger partial charge on any atom is 0.270 e. The molecule has 2 atom stereocenters. The molecule has 1 saturated heterocycles. The van der Waals surface area contributed by atoms with Gasteiger partial charge in [0, 0.05) is 13.1 Å². The Morgan fingerprint density at radius 2 is 2.31 bits per heavy atom. The molecule has 74 valence electrons. The summed E-state index contributed by atoms with van der Waals surface area (Å²) in [5, 5.41) is 9.57. The minimum Gasteiger partial charge on any atom is -0.389 e. The second-order valence-electron chi connectivity index (χ2n) is 3.63. The fraction of sp³-hybridized carbons (Fsp3) is 0.889. The van der Waals surface area contributed by atoms with Crippen LogP contribution in [0.4, 0.5) is 0 Å². The van der Waals surface area contributed by atoms with E-state index in [1.54, 1.807) is 0 Å². The Kier molecular flexibility index (Phi) is 3.67. The van der Waals surface area contributed by atoms with E-state index in [0.29, 0.717) is 19.8 Å². The number of aliphatic hydroxyl groups is 1. The Bertz CT molecular complexity index is 200. The summed E-state index contributed by atoms with van der Waals surface area (Å²) < 4.78 is 5.51. The number of nitrogens with zero attached hydrogens (tertiary/aromatic N) is 2. The fourth-order valence-corrected chi connectivity index (χ4v) is 1.53. The molecule has 0 saturated carbocycles. The number of hydrogen-bond acceptors (Lipinski definition) is 3. The molecule has 0 spiro atoms. The fourth-order valence-electron chi connectivity index (χ4n) is 1.53. The van der Waals surface area contributed by atoms with Gasteiger partial charge in [-0.1, -0.05) is 0 Å². The van der Waals surface area contributed by atoms with E-state index in [1.807, 2.05) is 18.7 Å². The van der Waals surface area contributed by atoms with Crippen molar-refractivity contribution in [2.45, 2.75) is 32.2 Å². The normalized spacial score (nSPS) is 29.5. The summed E-state index contributed by atoms with van der Waals surface area (Å²) in [4.78, 5) is 5.18. The second-order valence-corrected chi connectivity index (χ2v) is 3.63. The van der Waals surface area contributed by atoms with Gasteiger partial charge in [-0.15, -0.1) is 0 Å². The van der Waals surface area contributed by atoms with Gasteiger partial charge in [-0.3, -0.25) is 4.85 Å². The highest BCUT2D eigenvalue weighted by atomic mass is 16.5. The van der Waals surface area contributed by atoms with E-state index >= 15 is 0 Å². The lowest BCUT2D eigenvalue weighted by molar-refractivity contribution is -0.0395. The third-order valence-electron chi connectivity index (χ3n) is 2.03. The molecule has 1 aliphatic heterocycles. The SMILES string of the molecule is [C-]#[N+]CN1CC(O)C(OC(C)C)C1. The number of aliphatic hydroxyl groups excluding tert-OH is 1. The van der Waals surface area contributed by atoms with E-state index in [9.17, 15) is 5.11 Å². The average Bonchev–Trinajstić information content (AvgIpc) is 2.31. The summed E-state index contributed by atoms with van der Waals surface area (Å²) in [7, 11) is 0. The average molecular weight is 184 g/mol. The minimum atomic E-state index is -0.441.